The number of benzene rings is 1. The smallest absolute Gasteiger partial charge is 0.163 e. The van der Waals surface area contributed by atoms with Crippen molar-refractivity contribution in [2.24, 2.45) is 0 Å². The zero-order valence-electron chi connectivity index (χ0n) is 9.79. The van der Waals surface area contributed by atoms with E-state index in [1.54, 1.807) is 6.07 Å². The van der Waals surface area contributed by atoms with Gasteiger partial charge in [-0.15, -0.1) is 0 Å². The Morgan fingerprint density at radius 1 is 1.40 bits per heavy atom. The number of carbonyl (C=O) groups excluding carboxylic acids is 1. The summed E-state index contributed by atoms with van der Waals surface area (Å²) in [6.07, 6.45) is 0.474. The monoisotopic (exact) mass is 206 g/mol. The molecule has 0 bridgehead atoms. The molecule has 1 N–H and O–H groups in total. The lowest BCUT2D eigenvalue weighted by Gasteiger charge is -2.13. The van der Waals surface area contributed by atoms with Gasteiger partial charge in [0, 0.05) is 12.0 Å². The summed E-state index contributed by atoms with van der Waals surface area (Å²) in [5.41, 5.74) is 2.51. The van der Waals surface area contributed by atoms with E-state index in [2.05, 4.69) is 13.8 Å². The second-order valence-corrected chi connectivity index (χ2v) is 4.16. The summed E-state index contributed by atoms with van der Waals surface area (Å²) in [6.45, 7) is 7.79. The number of ketones is 1. The van der Waals surface area contributed by atoms with E-state index < -0.39 is 0 Å². The minimum atomic E-state index is 0.0917. The van der Waals surface area contributed by atoms with Crippen molar-refractivity contribution in [2.45, 2.75) is 40.0 Å². The largest absolute Gasteiger partial charge is 0.508 e. The van der Waals surface area contributed by atoms with E-state index in [0.717, 1.165) is 11.1 Å². The lowest BCUT2D eigenvalue weighted by atomic mass is 9.92. The van der Waals surface area contributed by atoms with Crippen molar-refractivity contribution in [3.8, 4) is 5.75 Å². The highest BCUT2D eigenvalue weighted by molar-refractivity contribution is 5.98. The van der Waals surface area contributed by atoms with E-state index in [1.807, 2.05) is 19.9 Å². The second-order valence-electron chi connectivity index (χ2n) is 4.16. The Balaban J connectivity index is 3.34. The van der Waals surface area contributed by atoms with E-state index in [0.29, 0.717) is 17.9 Å². The summed E-state index contributed by atoms with van der Waals surface area (Å²) in [4.78, 5) is 11.7. The first-order chi connectivity index (χ1) is 6.97. The van der Waals surface area contributed by atoms with Gasteiger partial charge in [-0.2, -0.15) is 0 Å². The van der Waals surface area contributed by atoms with Gasteiger partial charge in [0.05, 0.1) is 0 Å². The Morgan fingerprint density at radius 2 is 2.00 bits per heavy atom. The molecule has 0 fully saturated rings. The van der Waals surface area contributed by atoms with Crippen LogP contribution >= 0.6 is 0 Å². The van der Waals surface area contributed by atoms with Crippen molar-refractivity contribution in [3.63, 3.8) is 0 Å². The number of phenolic OH excluding ortho intramolecular Hbond substituents is 1. The van der Waals surface area contributed by atoms with Crippen molar-refractivity contribution in [1.82, 2.24) is 0 Å². The van der Waals surface area contributed by atoms with Gasteiger partial charge in [0.15, 0.2) is 5.78 Å². The molecule has 82 valence electrons. The van der Waals surface area contributed by atoms with Crippen molar-refractivity contribution in [3.05, 3.63) is 28.8 Å². The molecule has 2 nitrogen and oxygen atoms in total. The summed E-state index contributed by atoms with van der Waals surface area (Å²) in [5, 5.41) is 9.60. The number of hydrogen-bond donors (Lipinski definition) is 1. The average Bonchev–Trinajstić information content (AvgIpc) is 2.20. The van der Waals surface area contributed by atoms with Crippen LogP contribution in [0.15, 0.2) is 12.1 Å². The fraction of sp³-hybridized carbons (Fsp3) is 0.462. The summed E-state index contributed by atoms with van der Waals surface area (Å²) >= 11 is 0. The van der Waals surface area contributed by atoms with Gasteiger partial charge in [0.25, 0.3) is 0 Å². The molecule has 0 heterocycles. The molecule has 1 rings (SSSR count). The van der Waals surface area contributed by atoms with E-state index >= 15 is 0 Å². The lowest BCUT2D eigenvalue weighted by Crippen LogP contribution is -2.04. The SMILES string of the molecule is CCC(=O)c1cc(O)c(C)cc1C(C)C. The van der Waals surface area contributed by atoms with Crippen LogP contribution in [0.4, 0.5) is 0 Å². The van der Waals surface area contributed by atoms with Crippen LogP contribution in [0.5, 0.6) is 5.75 Å². The van der Waals surface area contributed by atoms with Crippen molar-refractivity contribution in [1.29, 1.82) is 0 Å². The molecule has 0 aliphatic heterocycles. The minimum absolute atomic E-state index is 0.0917. The summed E-state index contributed by atoms with van der Waals surface area (Å²) in [6, 6.07) is 3.50. The first kappa shape index (κ1) is 11.8. The summed E-state index contributed by atoms with van der Waals surface area (Å²) in [7, 11) is 0. The highest BCUT2D eigenvalue weighted by atomic mass is 16.3. The molecule has 1 aromatic rings. The molecule has 0 aromatic heterocycles. The van der Waals surface area contributed by atoms with Crippen LogP contribution < -0.4 is 0 Å². The summed E-state index contributed by atoms with van der Waals surface area (Å²) in [5.74, 6) is 0.597. The molecule has 15 heavy (non-hydrogen) atoms. The predicted octanol–water partition coefficient (Wildman–Crippen LogP) is 3.42. The van der Waals surface area contributed by atoms with Gasteiger partial charge in [0.1, 0.15) is 5.75 Å². The molecular formula is C13H18O2. The molecule has 0 saturated heterocycles. The summed E-state index contributed by atoms with van der Waals surface area (Å²) < 4.78 is 0. The van der Waals surface area contributed by atoms with E-state index in [1.165, 1.54) is 0 Å². The molecule has 0 aliphatic carbocycles. The number of rotatable bonds is 3. The Bertz CT molecular complexity index is 378. The molecule has 0 atom stereocenters. The molecule has 0 unspecified atom stereocenters. The van der Waals surface area contributed by atoms with Crippen LogP contribution in [-0.4, -0.2) is 10.9 Å². The zero-order chi connectivity index (χ0) is 11.6. The van der Waals surface area contributed by atoms with Crippen LogP contribution in [0.3, 0.4) is 0 Å². The molecule has 0 amide bonds. The fourth-order valence-corrected chi connectivity index (χ4v) is 1.63. The third-order valence-corrected chi connectivity index (χ3v) is 2.61. The topological polar surface area (TPSA) is 37.3 Å². The zero-order valence-corrected chi connectivity index (χ0v) is 9.79. The Morgan fingerprint density at radius 3 is 2.47 bits per heavy atom. The molecule has 2 heteroatoms. The van der Waals surface area contributed by atoms with Crippen molar-refractivity contribution >= 4 is 5.78 Å². The maximum absolute atomic E-state index is 11.7. The first-order valence-corrected chi connectivity index (χ1v) is 5.34. The molecular weight excluding hydrogens is 188 g/mol. The molecule has 0 spiro atoms. The standard InChI is InChI=1S/C13H18O2/c1-5-12(14)11-7-13(15)9(4)6-10(11)8(2)3/h6-8,15H,5H2,1-4H3. The number of phenols is 1. The number of aromatic hydroxyl groups is 1. The lowest BCUT2D eigenvalue weighted by molar-refractivity contribution is 0.0986. The molecule has 0 aliphatic rings. The predicted molar refractivity (Wildman–Crippen MR) is 61.6 cm³/mol. The van der Waals surface area contributed by atoms with Crippen LogP contribution in [0.25, 0.3) is 0 Å². The number of hydrogen-bond acceptors (Lipinski definition) is 2. The van der Waals surface area contributed by atoms with Gasteiger partial charge in [0.2, 0.25) is 0 Å². The maximum Gasteiger partial charge on any atom is 0.163 e. The van der Waals surface area contributed by atoms with Gasteiger partial charge < -0.3 is 5.11 Å². The quantitative estimate of drug-likeness (QED) is 0.769. The Hall–Kier alpha value is -1.31. The van der Waals surface area contributed by atoms with Crippen molar-refractivity contribution < 1.29 is 9.90 Å². The molecule has 0 radical (unpaired) electrons. The van der Waals surface area contributed by atoms with E-state index in [9.17, 15) is 9.90 Å². The number of carbonyl (C=O) groups is 1. The van der Waals surface area contributed by atoms with Crippen LogP contribution in [0.1, 0.15) is 54.6 Å². The normalized spacial score (nSPS) is 10.7. The van der Waals surface area contributed by atoms with Gasteiger partial charge in [-0.3, -0.25) is 4.79 Å². The first-order valence-electron chi connectivity index (χ1n) is 5.34. The average molecular weight is 206 g/mol. The van der Waals surface area contributed by atoms with Gasteiger partial charge >= 0.3 is 0 Å². The van der Waals surface area contributed by atoms with E-state index in [-0.39, 0.29) is 11.5 Å². The van der Waals surface area contributed by atoms with Gasteiger partial charge in [-0.1, -0.05) is 26.8 Å². The van der Waals surface area contributed by atoms with Crippen LogP contribution in [0.2, 0.25) is 0 Å². The van der Waals surface area contributed by atoms with Gasteiger partial charge in [-0.05, 0) is 30.0 Å². The molecule has 0 saturated carbocycles. The van der Waals surface area contributed by atoms with Crippen molar-refractivity contribution in [2.75, 3.05) is 0 Å². The van der Waals surface area contributed by atoms with Crippen LogP contribution in [-0.2, 0) is 0 Å². The Labute approximate surface area is 90.9 Å². The third-order valence-electron chi connectivity index (χ3n) is 2.61. The van der Waals surface area contributed by atoms with Crippen LogP contribution in [0, 0.1) is 6.92 Å². The van der Waals surface area contributed by atoms with Gasteiger partial charge in [-0.25, -0.2) is 0 Å². The second kappa shape index (κ2) is 4.47. The Kier molecular flexibility index (Phi) is 3.51. The third kappa shape index (κ3) is 2.38. The highest BCUT2D eigenvalue weighted by Crippen LogP contribution is 2.27. The number of aryl methyl sites for hydroxylation is 1. The minimum Gasteiger partial charge on any atom is -0.508 e. The molecule has 1 aromatic carbocycles. The maximum atomic E-state index is 11.7. The fourth-order valence-electron chi connectivity index (χ4n) is 1.63. The number of Topliss-reactive ketones (excluding diaryl/α,β-unsaturated/α-hetero) is 1. The van der Waals surface area contributed by atoms with E-state index in [4.69, 9.17) is 0 Å². The highest BCUT2D eigenvalue weighted by Gasteiger charge is 2.14.